The van der Waals surface area contributed by atoms with Gasteiger partial charge in [-0.1, -0.05) is 12.2 Å². The molecule has 0 spiro atoms. The number of ether oxygens (including phenoxy) is 2. The molecule has 0 N–H and O–H groups in total. The zero-order valence-electron chi connectivity index (χ0n) is 13.2. The van der Waals surface area contributed by atoms with Gasteiger partial charge in [-0.05, 0) is 52.7 Å². The van der Waals surface area contributed by atoms with Crippen LogP contribution in [0.15, 0.2) is 33.9 Å². The lowest BCUT2D eigenvalue weighted by molar-refractivity contribution is -0.140. The van der Waals surface area contributed by atoms with Crippen LogP contribution in [-0.4, -0.2) is 29.8 Å². The Morgan fingerprint density at radius 3 is 2.24 bits per heavy atom. The second-order valence-corrected chi connectivity index (χ2v) is 7.66. The summed E-state index contributed by atoms with van der Waals surface area (Å²) in [5.41, 5.74) is 0.723. The molecule has 5 aliphatic rings. The molecule has 2 aliphatic heterocycles. The molecule has 1 saturated heterocycles. The number of halogens is 1. The summed E-state index contributed by atoms with van der Waals surface area (Å²) in [5, 5.41) is 5.28. The van der Waals surface area contributed by atoms with E-state index >= 15 is 0 Å². The van der Waals surface area contributed by atoms with E-state index in [2.05, 4.69) is 33.2 Å². The van der Waals surface area contributed by atoms with Crippen LogP contribution in [0.3, 0.4) is 0 Å². The molecule has 6 rings (SSSR count). The zero-order chi connectivity index (χ0) is 17.1. The molecule has 1 saturated carbocycles. The zero-order valence-corrected chi connectivity index (χ0v) is 14.8. The second kappa shape index (κ2) is 5.42. The minimum atomic E-state index is -0.242. The Kier molecular flexibility index (Phi) is 3.28. The van der Waals surface area contributed by atoms with E-state index in [0.29, 0.717) is 11.5 Å². The molecule has 7 heteroatoms. The summed E-state index contributed by atoms with van der Waals surface area (Å²) >= 11 is 3.45. The number of carbonyl (C=O) groups is 2. The Hall–Kier alpha value is -2.15. The van der Waals surface area contributed by atoms with Crippen LogP contribution in [-0.2, 0) is 9.59 Å². The van der Waals surface area contributed by atoms with Crippen LogP contribution in [0.2, 0.25) is 0 Å². The SMILES string of the molecule is O=C1[C@@H]2[C@H](C(=O)N1/N=C\c1cc3c(cc1Br)OCO3)[C@H]1C=C[C@H]2CC1. The average molecular weight is 403 g/mol. The maximum Gasteiger partial charge on any atom is 0.254 e. The quantitative estimate of drug-likeness (QED) is 0.433. The molecule has 4 atom stereocenters. The molecular weight excluding hydrogens is 388 g/mol. The third kappa shape index (κ3) is 2.18. The third-order valence-electron chi connectivity index (χ3n) is 5.54. The van der Waals surface area contributed by atoms with Crippen molar-refractivity contribution in [3.05, 3.63) is 34.3 Å². The summed E-state index contributed by atoms with van der Waals surface area (Å²) in [5.74, 6) is 0.782. The van der Waals surface area contributed by atoms with E-state index in [1.54, 1.807) is 12.1 Å². The Labute approximate surface area is 152 Å². The molecule has 2 amide bonds. The van der Waals surface area contributed by atoms with Crippen LogP contribution in [0.4, 0.5) is 0 Å². The monoisotopic (exact) mass is 402 g/mol. The second-order valence-electron chi connectivity index (χ2n) is 6.80. The molecule has 0 radical (unpaired) electrons. The number of hydrogen-bond acceptors (Lipinski definition) is 5. The van der Waals surface area contributed by atoms with E-state index in [0.717, 1.165) is 27.9 Å². The number of hydrogen-bond donors (Lipinski definition) is 0. The first-order valence-electron chi connectivity index (χ1n) is 8.33. The van der Waals surface area contributed by atoms with E-state index < -0.39 is 0 Å². The maximum atomic E-state index is 12.7. The van der Waals surface area contributed by atoms with Crippen LogP contribution in [0, 0.1) is 23.7 Å². The smallest absolute Gasteiger partial charge is 0.254 e. The van der Waals surface area contributed by atoms with Crippen molar-refractivity contribution in [3.8, 4) is 11.5 Å². The van der Waals surface area contributed by atoms with E-state index in [4.69, 9.17) is 9.47 Å². The topological polar surface area (TPSA) is 68.2 Å². The van der Waals surface area contributed by atoms with E-state index in [9.17, 15) is 9.59 Å². The van der Waals surface area contributed by atoms with Gasteiger partial charge in [0.2, 0.25) is 6.79 Å². The third-order valence-corrected chi connectivity index (χ3v) is 6.23. The van der Waals surface area contributed by atoms with Gasteiger partial charge in [0, 0.05) is 10.0 Å². The average Bonchev–Trinajstić information content (AvgIpc) is 3.18. The Morgan fingerprint density at radius 1 is 1.04 bits per heavy atom. The van der Waals surface area contributed by atoms with E-state index in [1.165, 1.54) is 6.21 Å². The Balaban J connectivity index is 1.44. The summed E-state index contributed by atoms with van der Waals surface area (Å²) in [4.78, 5) is 25.5. The lowest BCUT2D eigenvalue weighted by Crippen LogP contribution is -2.38. The number of rotatable bonds is 2. The van der Waals surface area contributed by atoms with Gasteiger partial charge in [0.05, 0.1) is 18.1 Å². The molecule has 0 aromatic heterocycles. The minimum Gasteiger partial charge on any atom is -0.454 e. The van der Waals surface area contributed by atoms with Gasteiger partial charge in [-0.15, -0.1) is 0 Å². The van der Waals surface area contributed by atoms with Crippen LogP contribution >= 0.6 is 15.9 Å². The van der Waals surface area contributed by atoms with Crippen molar-refractivity contribution in [2.24, 2.45) is 28.8 Å². The summed E-state index contributed by atoms with van der Waals surface area (Å²) in [6, 6.07) is 3.57. The lowest BCUT2D eigenvalue weighted by Gasteiger charge is -2.37. The largest absolute Gasteiger partial charge is 0.454 e. The number of imide groups is 1. The van der Waals surface area contributed by atoms with Crippen molar-refractivity contribution in [3.63, 3.8) is 0 Å². The highest BCUT2D eigenvalue weighted by molar-refractivity contribution is 9.10. The number of benzene rings is 1. The number of fused-ring (bicyclic) bond motifs is 2. The number of carbonyl (C=O) groups excluding carboxylic acids is 2. The molecule has 2 fully saturated rings. The van der Waals surface area contributed by atoms with Crippen molar-refractivity contribution >= 4 is 34.0 Å². The number of amides is 2. The van der Waals surface area contributed by atoms with Crippen molar-refractivity contribution in [2.75, 3.05) is 6.79 Å². The van der Waals surface area contributed by atoms with Crippen LogP contribution in [0.25, 0.3) is 0 Å². The van der Waals surface area contributed by atoms with Gasteiger partial charge < -0.3 is 9.47 Å². The highest BCUT2D eigenvalue weighted by atomic mass is 79.9. The molecule has 6 nitrogen and oxygen atoms in total. The number of allylic oxidation sites excluding steroid dienone is 2. The molecular formula is C18H15BrN2O4. The molecule has 3 aliphatic carbocycles. The summed E-state index contributed by atoms with van der Waals surface area (Å²) in [7, 11) is 0. The van der Waals surface area contributed by atoms with Crippen LogP contribution < -0.4 is 9.47 Å². The minimum absolute atomic E-state index is 0.170. The van der Waals surface area contributed by atoms with Gasteiger partial charge in [0.1, 0.15) is 0 Å². The van der Waals surface area contributed by atoms with Gasteiger partial charge in [-0.3, -0.25) is 9.59 Å². The molecule has 2 heterocycles. The van der Waals surface area contributed by atoms with Crippen LogP contribution in [0.1, 0.15) is 18.4 Å². The first-order valence-corrected chi connectivity index (χ1v) is 9.12. The predicted octanol–water partition coefficient (Wildman–Crippen LogP) is 2.71. The van der Waals surface area contributed by atoms with Crippen LogP contribution in [0.5, 0.6) is 11.5 Å². The first kappa shape index (κ1) is 15.1. The number of hydrazone groups is 1. The lowest BCUT2D eigenvalue weighted by atomic mass is 9.63. The standard InChI is InChI=1S/C18H15BrN2O4/c19-12-6-14-13(24-8-25-14)5-11(12)7-20-21-17(22)15-9-1-2-10(4-3-9)16(15)18(21)23/h1-2,5-7,9-10,15-16H,3-4,8H2/b20-7-/t9-,10-,15-,16+/m0/s1. The van der Waals surface area contributed by atoms with E-state index in [-0.39, 0.29) is 42.3 Å². The fourth-order valence-corrected chi connectivity index (χ4v) is 4.75. The molecule has 1 aromatic rings. The van der Waals surface area contributed by atoms with E-state index in [1.807, 2.05) is 0 Å². The van der Waals surface area contributed by atoms with Crippen molar-refractivity contribution in [1.82, 2.24) is 5.01 Å². The molecule has 2 bridgehead atoms. The van der Waals surface area contributed by atoms with Gasteiger partial charge in [-0.2, -0.15) is 10.1 Å². The van der Waals surface area contributed by atoms with Gasteiger partial charge in [0.25, 0.3) is 11.8 Å². The fourth-order valence-electron chi connectivity index (χ4n) is 4.32. The van der Waals surface area contributed by atoms with Gasteiger partial charge in [-0.25, -0.2) is 0 Å². The van der Waals surface area contributed by atoms with Crippen molar-refractivity contribution in [2.45, 2.75) is 12.8 Å². The molecule has 25 heavy (non-hydrogen) atoms. The van der Waals surface area contributed by atoms with Gasteiger partial charge >= 0.3 is 0 Å². The summed E-state index contributed by atoms with van der Waals surface area (Å²) in [6.45, 7) is 0.185. The normalized spacial score (nSPS) is 32.1. The fraction of sp³-hybridized carbons (Fsp3) is 0.389. The van der Waals surface area contributed by atoms with Crippen molar-refractivity contribution < 1.29 is 19.1 Å². The Bertz CT molecular complexity index is 818. The van der Waals surface area contributed by atoms with Gasteiger partial charge in [0.15, 0.2) is 11.5 Å². The summed E-state index contributed by atoms with van der Waals surface area (Å²) < 4.78 is 11.4. The Morgan fingerprint density at radius 2 is 1.64 bits per heavy atom. The summed E-state index contributed by atoms with van der Waals surface area (Å²) in [6.07, 6.45) is 7.68. The highest BCUT2D eigenvalue weighted by Gasteiger charge is 2.56. The number of nitrogens with zero attached hydrogens (tertiary/aromatic N) is 2. The first-order chi connectivity index (χ1) is 12.1. The molecule has 0 unspecified atom stereocenters. The highest BCUT2D eigenvalue weighted by Crippen LogP contribution is 2.49. The predicted molar refractivity (Wildman–Crippen MR) is 92.0 cm³/mol. The molecule has 1 aromatic carbocycles. The van der Waals surface area contributed by atoms with Crippen molar-refractivity contribution in [1.29, 1.82) is 0 Å². The maximum absolute atomic E-state index is 12.7. The molecule has 128 valence electrons.